The van der Waals surface area contributed by atoms with Crippen LogP contribution in [0.15, 0.2) is 12.1 Å². The van der Waals surface area contributed by atoms with Gasteiger partial charge in [-0.2, -0.15) is 24.0 Å². The summed E-state index contributed by atoms with van der Waals surface area (Å²) in [5.74, 6) is -1.95. The fourth-order valence-corrected chi connectivity index (χ4v) is 9.67. The summed E-state index contributed by atoms with van der Waals surface area (Å²) in [6, 6.07) is 3.99. The highest BCUT2D eigenvalue weighted by Gasteiger charge is 2.48. The maximum Gasteiger partial charge on any atom is 0.319 e. The number of anilines is 2. The Hall–Kier alpha value is -4.13. The van der Waals surface area contributed by atoms with E-state index in [4.69, 9.17) is 31.8 Å². The van der Waals surface area contributed by atoms with Crippen LogP contribution in [0, 0.1) is 28.9 Å². The lowest BCUT2D eigenvalue weighted by atomic mass is 9.92. The fourth-order valence-electron chi connectivity index (χ4n) is 8.38. The lowest BCUT2D eigenvalue weighted by molar-refractivity contribution is -0.142. The molecule has 0 bridgehead atoms. The van der Waals surface area contributed by atoms with E-state index in [-0.39, 0.29) is 110 Å². The zero-order valence-corrected chi connectivity index (χ0v) is 28.5. The smallest absolute Gasteiger partial charge is 0.319 e. The number of nitrogens with zero attached hydrogens (tertiary/aromatic N) is 6. The van der Waals surface area contributed by atoms with E-state index in [1.165, 1.54) is 12.1 Å². The quantitative estimate of drug-likeness (QED) is 0.239. The number of halogens is 5. The molecule has 2 N–H and O–H groups in total. The van der Waals surface area contributed by atoms with Crippen LogP contribution in [-0.2, 0) is 4.79 Å². The molecule has 4 aliphatic heterocycles. The Morgan fingerprint density at radius 2 is 2.06 bits per heavy atom. The van der Waals surface area contributed by atoms with Crippen LogP contribution in [0.3, 0.4) is 0 Å². The highest BCUT2D eigenvalue weighted by atomic mass is 35.5. The highest BCUT2D eigenvalue weighted by Crippen LogP contribution is 2.51. The van der Waals surface area contributed by atoms with E-state index in [1.54, 1.807) is 0 Å². The number of nitrogen functional groups attached to an aromatic ring is 1. The topological polar surface area (TPSA) is 121 Å². The first-order chi connectivity index (χ1) is 24.0. The third-order valence-corrected chi connectivity index (χ3v) is 12.0. The third-order valence-electron chi connectivity index (χ3n) is 10.6. The summed E-state index contributed by atoms with van der Waals surface area (Å²) in [5, 5.41) is 10.2. The fraction of sp³-hybridized carbons (Fsp3) is 0.471. The summed E-state index contributed by atoms with van der Waals surface area (Å²) in [7, 11) is 0. The molecule has 16 heteroatoms. The van der Waals surface area contributed by atoms with Gasteiger partial charge in [-0.15, -0.1) is 11.3 Å². The molecule has 10 nitrogen and oxygen atoms in total. The van der Waals surface area contributed by atoms with Gasteiger partial charge in [0.15, 0.2) is 11.6 Å². The Morgan fingerprint density at radius 1 is 1.24 bits per heavy atom. The molecule has 50 heavy (non-hydrogen) atoms. The van der Waals surface area contributed by atoms with Gasteiger partial charge in [-0.25, -0.2) is 8.78 Å². The number of rotatable bonds is 5. The van der Waals surface area contributed by atoms with Crippen LogP contribution in [-0.4, -0.2) is 89.6 Å². The Kier molecular flexibility index (Phi) is 8.11. The molecule has 2 aromatic carbocycles. The van der Waals surface area contributed by atoms with E-state index < -0.39 is 30.0 Å². The number of fused-ring (bicyclic) bond motifs is 4. The number of hydrogen-bond acceptors (Lipinski definition) is 10. The molecule has 3 fully saturated rings. The van der Waals surface area contributed by atoms with E-state index in [1.807, 2.05) is 11.0 Å². The van der Waals surface area contributed by atoms with Crippen molar-refractivity contribution in [1.29, 1.82) is 5.26 Å². The second kappa shape index (κ2) is 12.3. The number of nitrogens with two attached hydrogens (primary N) is 1. The Morgan fingerprint density at radius 3 is 2.84 bits per heavy atom. The summed E-state index contributed by atoms with van der Waals surface area (Å²) in [6.45, 7) is 4.54. The van der Waals surface area contributed by atoms with Gasteiger partial charge in [-0.3, -0.25) is 9.69 Å². The van der Waals surface area contributed by atoms with E-state index >= 15 is 8.78 Å². The number of hydrogen-bond donors (Lipinski definition) is 1. The van der Waals surface area contributed by atoms with Crippen molar-refractivity contribution in [2.75, 3.05) is 56.6 Å². The first-order valence-electron chi connectivity index (χ1n) is 16.5. The second-order valence-corrected chi connectivity index (χ2v) is 15.0. The molecule has 3 atom stereocenters. The van der Waals surface area contributed by atoms with Crippen LogP contribution in [0.4, 0.5) is 28.4 Å². The number of alkyl halides is 2. The minimum Gasteiger partial charge on any atom is -0.489 e. The van der Waals surface area contributed by atoms with Gasteiger partial charge in [0.05, 0.1) is 32.3 Å². The lowest BCUT2D eigenvalue weighted by Gasteiger charge is -2.32. The average molecular weight is 730 g/mol. The molecule has 262 valence electrons. The van der Waals surface area contributed by atoms with Gasteiger partial charge in [-0.05, 0) is 49.8 Å². The number of carbonyl (C=O) groups excluding carboxylic acids is 1. The zero-order chi connectivity index (χ0) is 35.1. The van der Waals surface area contributed by atoms with Crippen LogP contribution in [0.25, 0.3) is 32.1 Å². The molecule has 0 aliphatic carbocycles. The Balaban J connectivity index is 1.32. The predicted molar refractivity (Wildman–Crippen MR) is 181 cm³/mol. The van der Waals surface area contributed by atoms with Crippen molar-refractivity contribution < 1.29 is 31.8 Å². The minimum absolute atomic E-state index is 0.00306. The van der Waals surface area contributed by atoms with Crippen molar-refractivity contribution in [3.05, 3.63) is 34.4 Å². The van der Waals surface area contributed by atoms with Crippen LogP contribution >= 0.6 is 22.9 Å². The molecule has 0 spiro atoms. The standard InChI is InChI=1S/C34H32ClF4N7O3S/c1-16-11-34(6-2-7-45(34)13-16)15-49-33-42-26-23-27(48-14-17-5-8-44(32(47)29(38)39)9-10-46(17)31(23)43-33)24(35)22(25(26)37)18-3-4-20(36)28-21(18)19(12-40)30(41)50-28/h3-4,16-17,29H,2,5-11,13-15,41H2,1H3/t16-,17?,34+/m1/s1. The summed E-state index contributed by atoms with van der Waals surface area (Å²) < 4.78 is 71.8. The van der Waals surface area contributed by atoms with Crippen molar-refractivity contribution in [1.82, 2.24) is 19.8 Å². The molecule has 0 saturated carbocycles. The number of nitriles is 1. The average Bonchev–Trinajstić information content (AvgIpc) is 3.63. The Labute approximate surface area is 293 Å². The largest absolute Gasteiger partial charge is 0.489 e. The third kappa shape index (κ3) is 5.09. The van der Waals surface area contributed by atoms with Crippen LogP contribution in [0.2, 0.25) is 5.02 Å². The van der Waals surface area contributed by atoms with Crippen molar-refractivity contribution in [3.63, 3.8) is 0 Å². The van der Waals surface area contributed by atoms with Gasteiger partial charge < -0.3 is 25.0 Å². The van der Waals surface area contributed by atoms with Crippen molar-refractivity contribution in [2.24, 2.45) is 5.92 Å². The summed E-state index contributed by atoms with van der Waals surface area (Å²) in [5.41, 5.74) is 5.70. The monoisotopic (exact) mass is 729 g/mol. The minimum atomic E-state index is -3.15. The summed E-state index contributed by atoms with van der Waals surface area (Å²) >= 11 is 7.90. The first kappa shape index (κ1) is 33.0. The molecule has 0 radical (unpaired) electrons. The van der Waals surface area contributed by atoms with Crippen LogP contribution in [0.5, 0.6) is 11.8 Å². The van der Waals surface area contributed by atoms with Gasteiger partial charge in [0, 0.05) is 37.1 Å². The van der Waals surface area contributed by atoms with Gasteiger partial charge in [-0.1, -0.05) is 24.6 Å². The molecular formula is C34H32ClF4N7O3S. The van der Waals surface area contributed by atoms with E-state index in [9.17, 15) is 18.8 Å². The number of carbonyl (C=O) groups is 1. The molecule has 4 aliphatic rings. The first-order valence-corrected chi connectivity index (χ1v) is 17.7. The van der Waals surface area contributed by atoms with Gasteiger partial charge in [0.2, 0.25) is 0 Å². The highest BCUT2D eigenvalue weighted by molar-refractivity contribution is 7.23. The van der Waals surface area contributed by atoms with Gasteiger partial charge in [0.1, 0.15) is 41.4 Å². The molecule has 2 aromatic heterocycles. The molecule has 8 rings (SSSR count). The van der Waals surface area contributed by atoms with E-state index in [0.717, 1.165) is 48.6 Å². The molecule has 4 aromatic rings. The van der Waals surface area contributed by atoms with Crippen molar-refractivity contribution in [3.8, 4) is 29.0 Å². The summed E-state index contributed by atoms with van der Waals surface area (Å²) in [4.78, 5) is 27.0. The van der Waals surface area contributed by atoms with Crippen molar-refractivity contribution >= 4 is 60.7 Å². The SMILES string of the molecule is C[C@H]1CN2CCC[C@@]2(COc2nc3c4c(c(Cl)c(-c5ccc(F)c6sc(N)c(C#N)c56)c(F)c4n2)OCC2CCN(C(=O)C(F)F)CCN32)C1. The molecule has 1 amide bonds. The Bertz CT molecular complexity index is 2110. The predicted octanol–water partition coefficient (Wildman–Crippen LogP) is 6.21. The number of ether oxygens (including phenoxy) is 2. The van der Waals surface area contributed by atoms with E-state index in [2.05, 4.69) is 16.8 Å². The number of thiophene rings is 1. The van der Waals surface area contributed by atoms with Gasteiger partial charge in [0.25, 0.3) is 5.91 Å². The van der Waals surface area contributed by atoms with Gasteiger partial charge >= 0.3 is 12.4 Å². The maximum atomic E-state index is 17.2. The van der Waals surface area contributed by atoms with Crippen molar-refractivity contribution in [2.45, 2.75) is 50.6 Å². The maximum absolute atomic E-state index is 17.2. The summed E-state index contributed by atoms with van der Waals surface area (Å²) in [6.07, 6.45) is 0.0257. The lowest BCUT2D eigenvalue weighted by Crippen LogP contribution is -2.43. The number of amides is 1. The van der Waals surface area contributed by atoms with Crippen LogP contribution < -0.4 is 20.1 Å². The molecule has 1 unspecified atom stereocenters. The molecular weight excluding hydrogens is 698 g/mol. The number of aromatic nitrogens is 2. The second-order valence-electron chi connectivity index (χ2n) is 13.6. The van der Waals surface area contributed by atoms with Crippen LogP contribution in [0.1, 0.15) is 38.2 Å². The molecule has 3 saturated heterocycles. The number of benzene rings is 2. The normalized spacial score (nSPS) is 23.5. The molecule has 6 heterocycles. The zero-order valence-electron chi connectivity index (χ0n) is 26.9. The van der Waals surface area contributed by atoms with E-state index in [0.29, 0.717) is 5.92 Å².